The van der Waals surface area contributed by atoms with Crippen molar-refractivity contribution in [1.82, 2.24) is 0 Å². The number of benzene rings is 1. The second-order valence-electron chi connectivity index (χ2n) is 4.85. The second kappa shape index (κ2) is 5.86. The number of hydrogen-bond acceptors (Lipinski definition) is 2. The Kier molecular flexibility index (Phi) is 4.15. The first-order valence-corrected chi connectivity index (χ1v) is 8.62. The van der Waals surface area contributed by atoms with Crippen LogP contribution < -0.4 is 4.90 Å². The van der Waals surface area contributed by atoms with E-state index in [-0.39, 0.29) is 0 Å². The van der Waals surface area contributed by atoms with Crippen LogP contribution in [-0.4, -0.2) is 6.04 Å². The van der Waals surface area contributed by atoms with Crippen LogP contribution >= 0.6 is 38.9 Å². The van der Waals surface area contributed by atoms with E-state index in [2.05, 4.69) is 56.5 Å². The summed E-state index contributed by atoms with van der Waals surface area (Å²) in [5.74, 6) is 0.558. The molecule has 4 heteroatoms. The lowest BCUT2D eigenvalue weighted by Gasteiger charge is -2.26. The predicted molar refractivity (Wildman–Crippen MR) is 87.2 cm³/mol. The average Bonchev–Trinajstić information content (AvgIpc) is 3.13. The van der Waals surface area contributed by atoms with Gasteiger partial charge in [0.25, 0.3) is 0 Å². The van der Waals surface area contributed by atoms with Crippen LogP contribution in [-0.2, 0) is 12.4 Å². The monoisotopic (exact) mass is 355 g/mol. The maximum atomic E-state index is 6.11. The van der Waals surface area contributed by atoms with Crippen LogP contribution in [0.15, 0.2) is 40.2 Å². The number of nitrogens with zero attached hydrogens (tertiary/aromatic N) is 1. The van der Waals surface area contributed by atoms with Gasteiger partial charge in [-0.15, -0.1) is 22.9 Å². The van der Waals surface area contributed by atoms with E-state index in [1.165, 1.54) is 29.0 Å². The number of thiophene rings is 1. The lowest BCUT2D eigenvalue weighted by Crippen LogP contribution is -2.25. The molecule has 0 atom stereocenters. The SMILES string of the molecule is ClCc1cc(Br)ccc1N(Cc1cccs1)C1CC1. The van der Waals surface area contributed by atoms with Gasteiger partial charge in [-0.3, -0.25) is 0 Å². The van der Waals surface area contributed by atoms with Gasteiger partial charge in [-0.1, -0.05) is 22.0 Å². The van der Waals surface area contributed by atoms with Crippen LogP contribution in [0.25, 0.3) is 0 Å². The van der Waals surface area contributed by atoms with Gasteiger partial charge in [0.15, 0.2) is 0 Å². The first-order valence-electron chi connectivity index (χ1n) is 6.41. The molecule has 1 nitrogen and oxygen atoms in total. The van der Waals surface area contributed by atoms with Crippen molar-refractivity contribution in [3.8, 4) is 0 Å². The predicted octanol–water partition coefficient (Wildman–Crippen LogP) is 5.42. The fraction of sp³-hybridized carbons (Fsp3) is 0.333. The molecular weight excluding hydrogens is 342 g/mol. The van der Waals surface area contributed by atoms with E-state index in [0.717, 1.165) is 11.0 Å². The van der Waals surface area contributed by atoms with Gasteiger partial charge in [0.2, 0.25) is 0 Å². The summed E-state index contributed by atoms with van der Waals surface area (Å²) < 4.78 is 1.10. The highest BCUT2D eigenvalue weighted by Crippen LogP contribution is 2.37. The van der Waals surface area contributed by atoms with Crippen LogP contribution in [0.3, 0.4) is 0 Å². The van der Waals surface area contributed by atoms with Crippen molar-refractivity contribution in [2.45, 2.75) is 31.3 Å². The molecule has 0 N–H and O–H groups in total. The van der Waals surface area contributed by atoms with Crippen LogP contribution in [0.1, 0.15) is 23.3 Å². The number of hydrogen-bond donors (Lipinski definition) is 0. The molecule has 1 aromatic carbocycles. The van der Waals surface area contributed by atoms with E-state index >= 15 is 0 Å². The molecule has 3 rings (SSSR count). The number of rotatable bonds is 5. The van der Waals surface area contributed by atoms with Crippen molar-refractivity contribution in [2.24, 2.45) is 0 Å². The van der Waals surface area contributed by atoms with E-state index in [1.807, 2.05) is 11.3 Å². The van der Waals surface area contributed by atoms with E-state index in [4.69, 9.17) is 11.6 Å². The van der Waals surface area contributed by atoms with Gasteiger partial charge in [-0.05, 0) is 48.1 Å². The minimum absolute atomic E-state index is 0.558. The van der Waals surface area contributed by atoms with Crippen molar-refractivity contribution in [3.05, 3.63) is 50.6 Å². The maximum Gasteiger partial charge on any atom is 0.0526 e. The molecule has 19 heavy (non-hydrogen) atoms. The number of anilines is 1. The topological polar surface area (TPSA) is 3.24 Å². The maximum absolute atomic E-state index is 6.11. The molecule has 0 saturated heterocycles. The quantitative estimate of drug-likeness (QED) is 0.647. The van der Waals surface area contributed by atoms with Crippen LogP contribution in [0, 0.1) is 0 Å². The summed E-state index contributed by atoms with van der Waals surface area (Å²) in [6, 6.07) is 11.4. The van der Waals surface area contributed by atoms with E-state index in [9.17, 15) is 0 Å². The molecule has 1 aromatic heterocycles. The zero-order valence-electron chi connectivity index (χ0n) is 10.5. The summed E-state index contributed by atoms with van der Waals surface area (Å²) in [5.41, 5.74) is 2.49. The molecule has 1 aliphatic carbocycles. The third kappa shape index (κ3) is 3.15. The molecule has 1 heterocycles. The molecule has 0 radical (unpaired) electrons. The van der Waals surface area contributed by atoms with Crippen molar-refractivity contribution in [2.75, 3.05) is 4.90 Å². The molecule has 100 valence electrons. The Hall–Kier alpha value is -0.510. The van der Waals surface area contributed by atoms with Gasteiger partial charge in [0.05, 0.1) is 6.54 Å². The fourth-order valence-electron chi connectivity index (χ4n) is 2.31. The van der Waals surface area contributed by atoms with Gasteiger partial charge in [0, 0.05) is 27.0 Å². The Balaban J connectivity index is 1.91. The molecule has 0 spiro atoms. The lowest BCUT2D eigenvalue weighted by molar-refractivity contribution is 0.799. The molecule has 1 saturated carbocycles. The summed E-state index contributed by atoms with van der Waals surface area (Å²) in [6.07, 6.45) is 2.59. The van der Waals surface area contributed by atoms with Crippen LogP contribution in [0.2, 0.25) is 0 Å². The molecular formula is C15H15BrClNS. The van der Waals surface area contributed by atoms with E-state index in [1.54, 1.807) is 0 Å². The van der Waals surface area contributed by atoms with Gasteiger partial charge in [-0.2, -0.15) is 0 Å². The largest absolute Gasteiger partial charge is 0.363 e. The standard InChI is InChI=1S/C15H15BrClNS/c16-12-3-6-15(11(8-12)9-17)18(13-4-5-13)10-14-2-1-7-19-14/h1-3,6-8,13H,4-5,9-10H2. The number of alkyl halides is 1. The van der Waals surface area contributed by atoms with Gasteiger partial charge < -0.3 is 4.90 Å². The van der Waals surface area contributed by atoms with Crippen molar-refractivity contribution >= 4 is 44.6 Å². The summed E-state index contributed by atoms with van der Waals surface area (Å²) in [5, 5.41) is 2.14. The van der Waals surface area contributed by atoms with Crippen molar-refractivity contribution < 1.29 is 0 Å². The Bertz CT molecular complexity index is 551. The second-order valence-corrected chi connectivity index (χ2v) is 7.06. The van der Waals surface area contributed by atoms with Gasteiger partial charge in [0.1, 0.15) is 0 Å². The highest BCUT2D eigenvalue weighted by molar-refractivity contribution is 9.10. The molecule has 1 fully saturated rings. The van der Waals surface area contributed by atoms with E-state index in [0.29, 0.717) is 11.9 Å². The first-order chi connectivity index (χ1) is 9.28. The fourth-order valence-corrected chi connectivity index (χ4v) is 3.63. The highest BCUT2D eigenvalue weighted by atomic mass is 79.9. The summed E-state index contributed by atoms with van der Waals surface area (Å²) in [7, 11) is 0. The molecule has 2 aromatic rings. The minimum Gasteiger partial charge on any atom is -0.363 e. The third-order valence-corrected chi connectivity index (χ3v) is 5.03. The molecule has 1 aliphatic rings. The first kappa shape index (κ1) is 13.5. The minimum atomic E-state index is 0.558. The van der Waals surface area contributed by atoms with Crippen molar-refractivity contribution in [3.63, 3.8) is 0 Å². The van der Waals surface area contributed by atoms with Crippen LogP contribution in [0.4, 0.5) is 5.69 Å². The van der Waals surface area contributed by atoms with Crippen LogP contribution in [0.5, 0.6) is 0 Å². The zero-order chi connectivity index (χ0) is 13.2. The average molecular weight is 357 g/mol. The van der Waals surface area contributed by atoms with Crippen molar-refractivity contribution in [1.29, 1.82) is 0 Å². The van der Waals surface area contributed by atoms with Gasteiger partial charge >= 0.3 is 0 Å². The Labute approximate surface area is 131 Å². The zero-order valence-corrected chi connectivity index (χ0v) is 13.6. The Morgan fingerprint density at radius 3 is 2.79 bits per heavy atom. The highest BCUT2D eigenvalue weighted by Gasteiger charge is 2.30. The smallest absolute Gasteiger partial charge is 0.0526 e. The summed E-state index contributed by atoms with van der Waals surface area (Å²) in [4.78, 5) is 3.92. The van der Waals surface area contributed by atoms with E-state index < -0.39 is 0 Å². The summed E-state index contributed by atoms with van der Waals surface area (Å²) >= 11 is 11.5. The molecule has 0 aliphatic heterocycles. The molecule has 0 unspecified atom stereocenters. The Morgan fingerprint density at radius 2 is 2.16 bits per heavy atom. The third-order valence-electron chi connectivity index (χ3n) is 3.39. The summed E-state index contributed by atoms with van der Waals surface area (Å²) in [6.45, 7) is 0.994. The normalized spacial score (nSPS) is 14.6. The molecule has 0 amide bonds. The number of halogens is 2. The lowest BCUT2D eigenvalue weighted by atomic mass is 10.1. The molecule has 0 bridgehead atoms. The Morgan fingerprint density at radius 1 is 1.32 bits per heavy atom. The van der Waals surface area contributed by atoms with Gasteiger partial charge in [-0.25, -0.2) is 0 Å².